The Morgan fingerprint density at radius 2 is 2.00 bits per heavy atom. The summed E-state index contributed by atoms with van der Waals surface area (Å²) in [6.45, 7) is 0. The van der Waals surface area contributed by atoms with E-state index in [1.54, 1.807) is 7.05 Å². The van der Waals surface area contributed by atoms with E-state index in [2.05, 4.69) is 20.1 Å². The zero-order valence-corrected chi connectivity index (χ0v) is 10.1. The van der Waals surface area contributed by atoms with Gasteiger partial charge in [0.15, 0.2) is 5.16 Å². The fourth-order valence-electron chi connectivity index (χ4n) is 1.16. The van der Waals surface area contributed by atoms with Crippen LogP contribution in [0.1, 0.15) is 0 Å². The highest BCUT2D eigenvalue weighted by molar-refractivity contribution is 7.99. The molecule has 2 aromatic heterocycles. The smallest absolute Gasteiger partial charge is 0.339 e. The number of hydrogen-bond acceptors (Lipinski definition) is 8. The third-order valence-corrected chi connectivity index (χ3v) is 2.85. The zero-order chi connectivity index (χ0) is 13.3. The lowest BCUT2D eigenvalue weighted by Crippen LogP contribution is -2.33. The lowest BCUT2D eigenvalue weighted by Gasteiger charge is -2.05. The first-order valence-corrected chi connectivity index (χ1v) is 5.52. The van der Waals surface area contributed by atoms with Gasteiger partial charge in [0.2, 0.25) is 5.95 Å². The molecule has 0 saturated heterocycles. The van der Waals surface area contributed by atoms with Crippen molar-refractivity contribution in [1.29, 1.82) is 0 Å². The molecule has 18 heavy (non-hydrogen) atoms. The highest BCUT2D eigenvalue weighted by Crippen LogP contribution is 2.23. The Morgan fingerprint density at radius 3 is 2.67 bits per heavy atom. The van der Waals surface area contributed by atoms with E-state index in [-0.39, 0.29) is 16.9 Å². The summed E-state index contributed by atoms with van der Waals surface area (Å²) >= 11 is 1.04. The molecule has 0 unspecified atom stereocenters. The van der Waals surface area contributed by atoms with Crippen LogP contribution in [-0.2, 0) is 7.05 Å². The summed E-state index contributed by atoms with van der Waals surface area (Å²) in [5.74, 6) is 0.228. The minimum Gasteiger partial charge on any atom is -0.383 e. The Balaban J connectivity index is 2.43. The summed E-state index contributed by atoms with van der Waals surface area (Å²) < 4.78 is 1.31. The number of nitrogens with one attached hydrogen (secondary N) is 1. The molecule has 2 heterocycles. The molecule has 2 aromatic rings. The maximum absolute atomic E-state index is 11.2. The van der Waals surface area contributed by atoms with E-state index in [1.165, 1.54) is 10.7 Å². The van der Waals surface area contributed by atoms with Gasteiger partial charge >= 0.3 is 11.1 Å². The fraction of sp³-hybridized carbons (Fsp3) is 0.125. The number of nitrogens with zero attached hydrogens (tertiary/aromatic N) is 4. The van der Waals surface area contributed by atoms with Crippen LogP contribution >= 0.6 is 11.8 Å². The molecule has 0 aliphatic heterocycles. The van der Waals surface area contributed by atoms with Gasteiger partial charge < -0.3 is 11.5 Å². The van der Waals surface area contributed by atoms with Crippen molar-refractivity contribution in [3.63, 3.8) is 0 Å². The van der Waals surface area contributed by atoms with E-state index in [1.807, 2.05) is 0 Å². The van der Waals surface area contributed by atoms with Gasteiger partial charge in [-0.25, -0.2) is 4.98 Å². The average molecular weight is 267 g/mol. The molecule has 0 saturated carbocycles. The maximum Gasteiger partial charge on any atom is 0.339 e. The van der Waals surface area contributed by atoms with Gasteiger partial charge in [0.05, 0.1) is 0 Å². The number of H-pyrrole nitrogens is 1. The molecule has 10 heteroatoms. The summed E-state index contributed by atoms with van der Waals surface area (Å²) in [6.07, 6.45) is 0. The van der Waals surface area contributed by atoms with Crippen LogP contribution in [-0.4, -0.2) is 24.7 Å². The van der Waals surface area contributed by atoms with Crippen LogP contribution in [0.2, 0.25) is 0 Å². The van der Waals surface area contributed by atoms with Crippen LogP contribution in [0.15, 0.2) is 25.8 Å². The van der Waals surface area contributed by atoms with Gasteiger partial charge in [0.1, 0.15) is 10.8 Å². The standard InChI is InChI=1S/C8H9N7O2S/c1-15-8(13-5(16)6(17)14-15)18-4-2-3(9)11-7(10)12-4/h2H,1H3,(H,14,17)(H4,9,10,11,12). The SMILES string of the molecule is Cn1[nH]c(=O)c(=O)nc1Sc1cc(N)nc(N)n1. The Kier molecular flexibility index (Phi) is 3.02. The first kappa shape index (κ1) is 12.1. The molecule has 0 amide bonds. The van der Waals surface area contributed by atoms with Crippen molar-refractivity contribution in [3.05, 3.63) is 26.8 Å². The lowest BCUT2D eigenvalue weighted by atomic mass is 10.6. The van der Waals surface area contributed by atoms with Gasteiger partial charge in [-0.2, -0.15) is 9.97 Å². The second kappa shape index (κ2) is 4.49. The number of aryl methyl sites for hydroxylation is 1. The summed E-state index contributed by atoms with van der Waals surface area (Å²) in [5.41, 5.74) is 9.30. The molecule has 0 fully saturated rings. The van der Waals surface area contributed by atoms with Crippen molar-refractivity contribution in [2.45, 2.75) is 10.2 Å². The number of hydrogen-bond donors (Lipinski definition) is 3. The molecule has 9 nitrogen and oxygen atoms in total. The fourth-order valence-corrected chi connectivity index (χ4v) is 1.98. The van der Waals surface area contributed by atoms with Gasteiger partial charge in [0.25, 0.3) is 0 Å². The number of nitrogen functional groups attached to an aromatic ring is 2. The summed E-state index contributed by atoms with van der Waals surface area (Å²) in [5, 5.41) is 3.00. The van der Waals surface area contributed by atoms with Crippen LogP contribution in [0.3, 0.4) is 0 Å². The van der Waals surface area contributed by atoms with Crippen LogP contribution < -0.4 is 22.6 Å². The van der Waals surface area contributed by atoms with Gasteiger partial charge in [-0.1, -0.05) is 0 Å². The van der Waals surface area contributed by atoms with Gasteiger partial charge in [-0.3, -0.25) is 19.4 Å². The van der Waals surface area contributed by atoms with E-state index in [0.717, 1.165) is 11.8 Å². The lowest BCUT2D eigenvalue weighted by molar-refractivity contribution is 0.596. The molecule has 0 atom stereocenters. The number of rotatable bonds is 2. The Labute approximate surface area is 104 Å². The maximum atomic E-state index is 11.2. The summed E-state index contributed by atoms with van der Waals surface area (Å²) in [6, 6.07) is 1.48. The van der Waals surface area contributed by atoms with Crippen LogP contribution in [0.4, 0.5) is 11.8 Å². The minimum atomic E-state index is -0.870. The van der Waals surface area contributed by atoms with Gasteiger partial charge in [-0.05, 0) is 11.8 Å². The minimum absolute atomic E-state index is 0.0203. The third kappa shape index (κ3) is 2.48. The van der Waals surface area contributed by atoms with Crippen molar-refractivity contribution in [2.24, 2.45) is 7.05 Å². The highest BCUT2D eigenvalue weighted by atomic mass is 32.2. The molecule has 5 N–H and O–H groups in total. The second-order valence-electron chi connectivity index (χ2n) is 3.29. The number of nitrogens with two attached hydrogens (primary N) is 2. The largest absolute Gasteiger partial charge is 0.383 e. The van der Waals surface area contributed by atoms with Crippen molar-refractivity contribution in [2.75, 3.05) is 11.5 Å². The summed E-state index contributed by atoms with van der Waals surface area (Å²) in [4.78, 5) is 33.4. The predicted octanol–water partition coefficient (Wildman–Crippen LogP) is -1.43. The van der Waals surface area contributed by atoms with Crippen molar-refractivity contribution < 1.29 is 0 Å². The summed E-state index contributed by atoms with van der Waals surface area (Å²) in [7, 11) is 1.55. The number of aromatic nitrogens is 5. The van der Waals surface area contributed by atoms with E-state index < -0.39 is 11.1 Å². The van der Waals surface area contributed by atoms with E-state index >= 15 is 0 Å². The highest BCUT2D eigenvalue weighted by Gasteiger charge is 2.08. The average Bonchev–Trinajstić information content (AvgIpc) is 2.24. The molecule has 0 radical (unpaired) electrons. The molecule has 94 valence electrons. The molecule has 0 bridgehead atoms. The van der Waals surface area contributed by atoms with E-state index in [9.17, 15) is 9.59 Å². The molecule has 0 aromatic carbocycles. The van der Waals surface area contributed by atoms with Crippen LogP contribution in [0.5, 0.6) is 0 Å². The van der Waals surface area contributed by atoms with Gasteiger partial charge in [0, 0.05) is 13.1 Å². The Hall–Kier alpha value is -2.36. The molecular formula is C8H9N7O2S. The number of anilines is 2. The molecule has 0 spiro atoms. The molecule has 0 aliphatic rings. The normalized spacial score (nSPS) is 10.5. The van der Waals surface area contributed by atoms with E-state index in [4.69, 9.17) is 11.5 Å². The molecule has 2 rings (SSSR count). The Morgan fingerprint density at radius 1 is 1.28 bits per heavy atom. The van der Waals surface area contributed by atoms with Crippen molar-refractivity contribution in [1.82, 2.24) is 24.7 Å². The number of aromatic amines is 1. The topological polar surface area (TPSA) is 146 Å². The van der Waals surface area contributed by atoms with Gasteiger partial charge in [-0.15, -0.1) is 0 Å². The zero-order valence-electron chi connectivity index (χ0n) is 9.25. The monoisotopic (exact) mass is 267 g/mol. The quantitative estimate of drug-likeness (QED) is 0.443. The van der Waals surface area contributed by atoms with Crippen LogP contribution in [0.25, 0.3) is 0 Å². The second-order valence-corrected chi connectivity index (χ2v) is 4.28. The van der Waals surface area contributed by atoms with Crippen molar-refractivity contribution >= 4 is 23.5 Å². The first-order valence-electron chi connectivity index (χ1n) is 4.71. The Bertz CT molecular complexity index is 687. The molecular weight excluding hydrogens is 258 g/mol. The molecule has 0 aliphatic carbocycles. The van der Waals surface area contributed by atoms with Crippen molar-refractivity contribution in [3.8, 4) is 0 Å². The van der Waals surface area contributed by atoms with E-state index in [0.29, 0.717) is 5.03 Å². The predicted molar refractivity (Wildman–Crippen MR) is 65.1 cm³/mol. The third-order valence-electron chi connectivity index (χ3n) is 1.88. The first-order chi connectivity index (χ1) is 8.45. The van der Waals surface area contributed by atoms with Crippen LogP contribution in [0, 0.1) is 0 Å².